The van der Waals surface area contributed by atoms with Gasteiger partial charge in [0.05, 0.1) is 6.61 Å². The van der Waals surface area contributed by atoms with Gasteiger partial charge in [0.1, 0.15) is 0 Å². The van der Waals surface area contributed by atoms with Crippen LogP contribution >= 0.6 is 11.6 Å². The van der Waals surface area contributed by atoms with Crippen LogP contribution in [0.25, 0.3) is 0 Å². The number of halogens is 1. The van der Waals surface area contributed by atoms with Crippen LogP contribution in [0.15, 0.2) is 18.2 Å². The van der Waals surface area contributed by atoms with Crippen molar-refractivity contribution in [3.8, 4) is 0 Å². The molecule has 1 rings (SSSR count). The summed E-state index contributed by atoms with van der Waals surface area (Å²) in [6.07, 6.45) is 0.864. The van der Waals surface area contributed by atoms with E-state index in [-0.39, 0.29) is 0 Å². The Kier molecular flexibility index (Phi) is 6.47. The molecule has 0 fully saturated rings. The van der Waals surface area contributed by atoms with Gasteiger partial charge in [-0.05, 0) is 44.5 Å². The van der Waals surface area contributed by atoms with E-state index in [1.54, 1.807) is 7.11 Å². The molecule has 0 saturated carbocycles. The van der Waals surface area contributed by atoms with Gasteiger partial charge in [-0.2, -0.15) is 0 Å². The zero-order valence-electron chi connectivity index (χ0n) is 11.4. The molecule has 0 aromatic heterocycles. The van der Waals surface area contributed by atoms with E-state index in [1.807, 2.05) is 12.1 Å². The summed E-state index contributed by atoms with van der Waals surface area (Å²) in [5, 5.41) is 0.758. The third-order valence-corrected chi connectivity index (χ3v) is 3.29. The maximum Gasteiger partial charge on any atom is 0.0663 e. The highest BCUT2D eigenvalue weighted by Gasteiger charge is 2.16. The molecule has 0 radical (unpaired) electrons. The van der Waals surface area contributed by atoms with E-state index < -0.39 is 0 Å². The topological polar surface area (TPSA) is 38.5 Å². The maximum atomic E-state index is 6.11. The van der Waals surface area contributed by atoms with Crippen molar-refractivity contribution >= 4 is 17.3 Å². The van der Waals surface area contributed by atoms with Crippen molar-refractivity contribution in [2.45, 2.75) is 26.3 Å². The average Bonchev–Trinajstić information content (AvgIpc) is 2.34. The van der Waals surface area contributed by atoms with Crippen LogP contribution in [-0.2, 0) is 11.2 Å². The van der Waals surface area contributed by atoms with Gasteiger partial charge in [-0.15, -0.1) is 0 Å². The van der Waals surface area contributed by atoms with Crippen molar-refractivity contribution in [3.05, 3.63) is 28.8 Å². The van der Waals surface area contributed by atoms with Crippen LogP contribution in [-0.4, -0.2) is 32.8 Å². The summed E-state index contributed by atoms with van der Waals surface area (Å²) in [6.45, 7) is 6.55. The number of likely N-dealkylation sites (N-methyl/N-ethyl adjacent to an activating group) is 1. The highest BCUT2D eigenvalue weighted by atomic mass is 35.5. The number of methoxy groups -OCH3 is 1. The fourth-order valence-electron chi connectivity index (χ4n) is 2.22. The number of nitrogens with two attached hydrogens (primary N) is 1. The van der Waals surface area contributed by atoms with Gasteiger partial charge in [0.15, 0.2) is 0 Å². The van der Waals surface area contributed by atoms with E-state index in [9.17, 15) is 0 Å². The predicted octanol–water partition coefficient (Wildman–Crippen LogP) is 2.70. The molecule has 0 aliphatic carbocycles. The summed E-state index contributed by atoms with van der Waals surface area (Å²) in [5.41, 5.74) is 8.08. The molecule has 0 saturated heterocycles. The number of ether oxygens (including phenoxy) is 1. The van der Waals surface area contributed by atoms with E-state index in [1.165, 1.54) is 11.3 Å². The highest BCUT2D eigenvalue weighted by Crippen LogP contribution is 2.27. The molecule has 3 nitrogen and oxygen atoms in total. The lowest BCUT2D eigenvalue weighted by Crippen LogP contribution is -2.36. The van der Waals surface area contributed by atoms with E-state index in [4.69, 9.17) is 22.1 Å². The monoisotopic (exact) mass is 270 g/mol. The molecule has 0 heterocycles. The van der Waals surface area contributed by atoms with Gasteiger partial charge in [0, 0.05) is 30.4 Å². The van der Waals surface area contributed by atoms with E-state index in [0.717, 1.165) is 18.0 Å². The molecule has 0 aliphatic rings. The Morgan fingerprint density at radius 2 is 2.17 bits per heavy atom. The Balaban J connectivity index is 3.05. The van der Waals surface area contributed by atoms with Crippen molar-refractivity contribution in [1.82, 2.24) is 0 Å². The Labute approximate surface area is 115 Å². The van der Waals surface area contributed by atoms with Crippen molar-refractivity contribution in [2.24, 2.45) is 5.73 Å². The van der Waals surface area contributed by atoms with Crippen molar-refractivity contribution < 1.29 is 4.74 Å². The third-order valence-electron chi connectivity index (χ3n) is 3.05. The molecule has 4 heteroatoms. The summed E-state index contributed by atoms with van der Waals surface area (Å²) in [4.78, 5) is 2.31. The lowest BCUT2D eigenvalue weighted by molar-refractivity contribution is 0.182. The lowest BCUT2D eigenvalue weighted by atomic mass is 10.1. The smallest absolute Gasteiger partial charge is 0.0663 e. The molecule has 0 amide bonds. The lowest BCUT2D eigenvalue weighted by Gasteiger charge is -2.31. The largest absolute Gasteiger partial charge is 0.383 e. The maximum absolute atomic E-state index is 6.11. The number of hydrogen-bond acceptors (Lipinski definition) is 3. The highest BCUT2D eigenvalue weighted by molar-refractivity contribution is 6.30. The Morgan fingerprint density at radius 3 is 2.72 bits per heavy atom. The fraction of sp³-hybridized carbons (Fsp3) is 0.571. The minimum absolute atomic E-state index is 0.315. The second-order valence-corrected chi connectivity index (χ2v) is 4.84. The van der Waals surface area contributed by atoms with Crippen molar-refractivity contribution in [2.75, 3.05) is 31.7 Å². The molecule has 18 heavy (non-hydrogen) atoms. The van der Waals surface area contributed by atoms with Gasteiger partial charge in [0.2, 0.25) is 0 Å². The molecular weight excluding hydrogens is 248 g/mol. The Morgan fingerprint density at radius 1 is 1.44 bits per heavy atom. The second kappa shape index (κ2) is 7.62. The molecule has 0 aliphatic heterocycles. The molecule has 0 bridgehead atoms. The van der Waals surface area contributed by atoms with Crippen LogP contribution in [0.2, 0.25) is 5.02 Å². The fourth-order valence-corrected chi connectivity index (χ4v) is 2.39. The molecule has 102 valence electrons. The summed E-state index contributed by atoms with van der Waals surface area (Å²) in [6, 6.07) is 6.31. The summed E-state index contributed by atoms with van der Waals surface area (Å²) < 4.78 is 5.24. The van der Waals surface area contributed by atoms with Crippen LogP contribution in [0.4, 0.5) is 5.69 Å². The molecule has 1 aromatic rings. The summed E-state index contributed by atoms with van der Waals surface area (Å²) in [7, 11) is 1.73. The number of rotatable bonds is 7. The van der Waals surface area contributed by atoms with Gasteiger partial charge < -0.3 is 15.4 Å². The number of hydrogen-bond donors (Lipinski definition) is 1. The molecule has 0 spiro atoms. The van der Waals surface area contributed by atoms with Gasteiger partial charge >= 0.3 is 0 Å². The standard InChI is InChI=1S/C14H23ClN2O/c1-4-17(11(2)10-18-3)14-9-13(15)6-5-12(14)7-8-16/h5-6,9,11H,4,7-8,10,16H2,1-3H3. The zero-order chi connectivity index (χ0) is 13.5. The first-order valence-electron chi connectivity index (χ1n) is 6.38. The normalized spacial score (nSPS) is 12.5. The summed E-state index contributed by atoms with van der Waals surface area (Å²) in [5.74, 6) is 0. The number of benzene rings is 1. The molecular formula is C14H23ClN2O. The molecule has 1 unspecified atom stereocenters. The van der Waals surface area contributed by atoms with E-state index in [2.05, 4.69) is 24.8 Å². The number of anilines is 1. The Hall–Kier alpha value is -0.770. The molecule has 2 N–H and O–H groups in total. The van der Waals surface area contributed by atoms with Gasteiger partial charge in [-0.3, -0.25) is 0 Å². The Bertz CT molecular complexity index is 371. The summed E-state index contributed by atoms with van der Waals surface area (Å²) >= 11 is 6.11. The van der Waals surface area contributed by atoms with E-state index in [0.29, 0.717) is 19.2 Å². The SMILES string of the molecule is CCN(c1cc(Cl)ccc1CCN)C(C)COC. The number of nitrogens with zero attached hydrogens (tertiary/aromatic N) is 1. The first-order valence-corrected chi connectivity index (χ1v) is 6.75. The van der Waals surface area contributed by atoms with Gasteiger partial charge in [-0.1, -0.05) is 17.7 Å². The van der Waals surface area contributed by atoms with Gasteiger partial charge in [0.25, 0.3) is 0 Å². The molecule has 1 aromatic carbocycles. The first-order chi connectivity index (χ1) is 8.63. The van der Waals surface area contributed by atoms with Gasteiger partial charge in [-0.25, -0.2) is 0 Å². The van der Waals surface area contributed by atoms with Crippen molar-refractivity contribution in [1.29, 1.82) is 0 Å². The first kappa shape index (κ1) is 15.3. The average molecular weight is 271 g/mol. The second-order valence-electron chi connectivity index (χ2n) is 4.40. The minimum Gasteiger partial charge on any atom is -0.383 e. The molecule has 1 atom stereocenters. The minimum atomic E-state index is 0.315. The predicted molar refractivity (Wildman–Crippen MR) is 78.6 cm³/mol. The van der Waals surface area contributed by atoms with E-state index >= 15 is 0 Å². The van der Waals surface area contributed by atoms with Crippen molar-refractivity contribution in [3.63, 3.8) is 0 Å². The third kappa shape index (κ3) is 3.87. The van der Waals surface area contributed by atoms with Crippen LogP contribution in [0.5, 0.6) is 0 Å². The van der Waals surface area contributed by atoms with Crippen LogP contribution in [0, 0.1) is 0 Å². The van der Waals surface area contributed by atoms with Crippen LogP contribution < -0.4 is 10.6 Å². The zero-order valence-corrected chi connectivity index (χ0v) is 12.2. The van der Waals surface area contributed by atoms with Crippen LogP contribution in [0.3, 0.4) is 0 Å². The quantitative estimate of drug-likeness (QED) is 0.828. The van der Waals surface area contributed by atoms with Crippen LogP contribution in [0.1, 0.15) is 19.4 Å².